The minimum Gasteiger partial charge on any atom is -0.367 e. The van der Waals surface area contributed by atoms with Gasteiger partial charge in [0.15, 0.2) is 0 Å². The maximum absolute atomic E-state index is 8.88. The van der Waals surface area contributed by atoms with Crippen molar-refractivity contribution < 1.29 is 0 Å². The highest BCUT2D eigenvalue weighted by Crippen LogP contribution is 2.24. The predicted molar refractivity (Wildman–Crippen MR) is 107 cm³/mol. The molecule has 27 heavy (non-hydrogen) atoms. The van der Waals surface area contributed by atoms with Gasteiger partial charge in [-0.2, -0.15) is 5.26 Å². The molecule has 1 aliphatic rings. The van der Waals surface area contributed by atoms with Gasteiger partial charge in [0.2, 0.25) is 0 Å². The van der Waals surface area contributed by atoms with E-state index in [1.165, 1.54) is 5.69 Å². The number of hydrogen-bond donors (Lipinski definition) is 0. The summed E-state index contributed by atoms with van der Waals surface area (Å²) < 4.78 is 2.13. The van der Waals surface area contributed by atoms with Crippen LogP contribution in [0.4, 0.5) is 11.4 Å². The number of aromatic nitrogens is 3. The monoisotopic (exact) mass is 360 g/mol. The van der Waals surface area contributed by atoms with Crippen molar-refractivity contribution in [3.63, 3.8) is 0 Å². The number of nitriles is 1. The molecule has 4 rings (SSSR count). The van der Waals surface area contributed by atoms with E-state index in [9.17, 15) is 0 Å². The molecule has 3 aromatic heterocycles. The molecule has 0 amide bonds. The van der Waals surface area contributed by atoms with Gasteiger partial charge in [-0.15, -0.1) is 0 Å². The Morgan fingerprint density at radius 2 is 1.59 bits per heavy atom. The number of piperazine rings is 1. The van der Waals surface area contributed by atoms with Crippen LogP contribution in [0.25, 0.3) is 5.65 Å². The van der Waals surface area contributed by atoms with Gasteiger partial charge in [0.1, 0.15) is 17.4 Å². The van der Waals surface area contributed by atoms with E-state index in [-0.39, 0.29) is 5.41 Å². The predicted octanol–water partition coefficient (Wildman–Crippen LogP) is 3.23. The molecule has 4 heterocycles. The van der Waals surface area contributed by atoms with Gasteiger partial charge in [-0.1, -0.05) is 20.8 Å². The lowest BCUT2D eigenvalue weighted by atomic mass is 9.93. The maximum atomic E-state index is 8.88. The van der Waals surface area contributed by atoms with Gasteiger partial charge < -0.3 is 14.2 Å². The summed E-state index contributed by atoms with van der Waals surface area (Å²) in [6, 6.07) is 10.1. The lowest BCUT2D eigenvalue weighted by molar-refractivity contribution is 0.573. The summed E-state index contributed by atoms with van der Waals surface area (Å²) in [7, 11) is 0. The highest BCUT2D eigenvalue weighted by molar-refractivity contribution is 5.55. The fourth-order valence-corrected chi connectivity index (χ4v) is 3.39. The van der Waals surface area contributed by atoms with Crippen LogP contribution in [0.15, 0.2) is 42.9 Å². The molecule has 1 aliphatic heterocycles. The van der Waals surface area contributed by atoms with Crippen LogP contribution < -0.4 is 9.80 Å². The smallest absolute Gasteiger partial charge is 0.140 e. The average molecular weight is 360 g/mol. The molecule has 0 radical (unpaired) electrons. The molecule has 0 bridgehead atoms. The molecule has 0 unspecified atom stereocenters. The van der Waals surface area contributed by atoms with Crippen LogP contribution in [0.3, 0.4) is 0 Å². The van der Waals surface area contributed by atoms with E-state index >= 15 is 0 Å². The Labute approximate surface area is 159 Å². The third kappa shape index (κ3) is 3.45. The minimum atomic E-state index is 0.0486. The summed E-state index contributed by atoms with van der Waals surface area (Å²) in [5.41, 5.74) is 4.91. The molecule has 1 fully saturated rings. The lowest BCUT2D eigenvalue weighted by Crippen LogP contribution is -2.46. The standard InChI is InChI=1S/C21H24N6/c1-21(2,3)19-15-27-14-18(6-7-20(27)24-19)26-10-8-25(9-11-26)17-5-4-16(12-22)23-13-17/h4-7,13-15H,8-11H2,1-3H3. The van der Waals surface area contributed by atoms with Crippen LogP contribution in [-0.2, 0) is 5.41 Å². The summed E-state index contributed by atoms with van der Waals surface area (Å²) in [4.78, 5) is 13.6. The summed E-state index contributed by atoms with van der Waals surface area (Å²) >= 11 is 0. The number of nitrogens with zero attached hydrogens (tertiary/aromatic N) is 6. The van der Waals surface area contributed by atoms with Gasteiger partial charge >= 0.3 is 0 Å². The Morgan fingerprint density at radius 1 is 0.926 bits per heavy atom. The van der Waals surface area contributed by atoms with Gasteiger partial charge in [0, 0.05) is 44.0 Å². The number of anilines is 2. The molecule has 0 saturated carbocycles. The second kappa shape index (κ2) is 6.58. The molecule has 0 spiro atoms. The Hall–Kier alpha value is -3.07. The second-order valence-electron chi connectivity index (χ2n) is 8.02. The molecule has 6 nitrogen and oxygen atoms in total. The van der Waals surface area contributed by atoms with Gasteiger partial charge in [-0.05, 0) is 24.3 Å². The number of hydrogen-bond acceptors (Lipinski definition) is 5. The normalized spacial score (nSPS) is 15.2. The third-order valence-electron chi connectivity index (χ3n) is 5.08. The summed E-state index contributed by atoms with van der Waals surface area (Å²) in [5.74, 6) is 0. The second-order valence-corrected chi connectivity index (χ2v) is 8.02. The quantitative estimate of drug-likeness (QED) is 0.702. The fourth-order valence-electron chi connectivity index (χ4n) is 3.39. The van der Waals surface area contributed by atoms with Crippen molar-refractivity contribution in [2.24, 2.45) is 0 Å². The number of rotatable bonds is 2. The Kier molecular flexibility index (Phi) is 4.23. The summed E-state index contributed by atoms with van der Waals surface area (Å²) in [6.07, 6.45) is 6.10. The highest BCUT2D eigenvalue weighted by atomic mass is 15.3. The van der Waals surface area contributed by atoms with Crippen LogP contribution in [0, 0.1) is 11.3 Å². The lowest BCUT2D eigenvalue weighted by Gasteiger charge is -2.37. The number of imidazole rings is 1. The van der Waals surface area contributed by atoms with Crippen molar-refractivity contribution in [2.75, 3.05) is 36.0 Å². The van der Waals surface area contributed by atoms with Crippen molar-refractivity contribution in [1.29, 1.82) is 5.26 Å². The van der Waals surface area contributed by atoms with Gasteiger partial charge in [-0.25, -0.2) is 9.97 Å². The minimum absolute atomic E-state index is 0.0486. The summed E-state index contributed by atoms with van der Waals surface area (Å²) in [5, 5.41) is 8.88. The number of pyridine rings is 2. The molecule has 0 aromatic carbocycles. The fraction of sp³-hybridized carbons (Fsp3) is 0.381. The topological polar surface area (TPSA) is 60.5 Å². The molecule has 6 heteroatoms. The first-order chi connectivity index (χ1) is 12.9. The molecule has 3 aromatic rings. The van der Waals surface area contributed by atoms with Crippen molar-refractivity contribution in [3.8, 4) is 6.07 Å². The van der Waals surface area contributed by atoms with E-state index in [4.69, 9.17) is 10.2 Å². The average Bonchev–Trinajstić information content (AvgIpc) is 3.12. The van der Waals surface area contributed by atoms with Gasteiger partial charge in [0.05, 0.1) is 23.3 Å². The summed E-state index contributed by atoms with van der Waals surface area (Å²) in [6.45, 7) is 10.3. The molecular formula is C21H24N6. The highest BCUT2D eigenvalue weighted by Gasteiger charge is 2.20. The molecular weight excluding hydrogens is 336 g/mol. The maximum Gasteiger partial charge on any atom is 0.140 e. The van der Waals surface area contributed by atoms with Gasteiger partial charge in [-0.3, -0.25) is 0 Å². The zero-order valence-electron chi connectivity index (χ0n) is 16.1. The van der Waals surface area contributed by atoms with Crippen LogP contribution in [-0.4, -0.2) is 40.5 Å². The van der Waals surface area contributed by atoms with Crippen LogP contribution >= 0.6 is 0 Å². The molecule has 138 valence electrons. The number of fused-ring (bicyclic) bond motifs is 1. The van der Waals surface area contributed by atoms with Crippen LogP contribution in [0.1, 0.15) is 32.2 Å². The molecule has 0 N–H and O–H groups in total. The van der Waals surface area contributed by atoms with E-state index in [1.54, 1.807) is 12.3 Å². The zero-order chi connectivity index (χ0) is 19.0. The molecule has 0 atom stereocenters. The Morgan fingerprint density at radius 3 is 2.19 bits per heavy atom. The Balaban J connectivity index is 1.48. The Bertz CT molecular complexity index is 982. The van der Waals surface area contributed by atoms with E-state index in [0.717, 1.165) is 43.2 Å². The van der Waals surface area contributed by atoms with E-state index in [2.05, 4.69) is 70.6 Å². The van der Waals surface area contributed by atoms with E-state index < -0.39 is 0 Å². The first-order valence-corrected chi connectivity index (χ1v) is 9.29. The first kappa shape index (κ1) is 17.3. The zero-order valence-corrected chi connectivity index (χ0v) is 16.1. The van der Waals surface area contributed by atoms with Crippen molar-refractivity contribution in [3.05, 3.63) is 54.2 Å². The van der Waals surface area contributed by atoms with Crippen molar-refractivity contribution >= 4 is 17.0 Å². The largest absolute Gasteiger partial charge is 0.367 e. The van der Waals surface area contributed by atoms with E-state index in [0.29, 0.717) is 5.69 Å². The SMILES string of the molecule is CC(C)(C)c1cn2cc(N3CCN(c4ccc(C#N)nc4)CC3)ccc2n1. The first-order valence-electron chi connectivity index (χ1n) is 9.29. The van der Waals surface area contributed by atoms with E-state index in [1.807, 2.05) is 6.07 Å². The molecule has 0 aliphatic carbocycles. The molecule has 1 saturated heterocycles. The van der Waals surface area contributed by atoms with Crippen LogP contribution in [0.5, 0.6) is 0 Å². The van der Waals surface area contributed by atoms with Gasteiger partial charge in [0.25, 0.3) is 0 Å². The van der Waals surface area contributed by atoms with Crippen molar-refractivity contribution in [1.82, 2.24) is 14.4 Å². The third-order valence-corrected chi connectivity index (χ3v) is 5.08. The van der Waals surface area contributed by atoms with Crippen molar-refractivity contribution in [2.45, 2.75) is 26.2 Å². The van der Waals surface area contributed by atoms with Crippen LogP contribution in [0.2, 0.25) is 0 Å².